The third-order valence-corrected chi connectivity index (χ3v) is 2.94. The van der Waals surface area contributed by atoms with Crippen molar-refractivity contribution in [2.75, 3.05) is 11.9 Å². The number of aliphatic hydroxyl groups excluding tert-OH is 1. The first-order valence-electron chi connectivity index (χ1n) is 7.24. The predicted octanol–water partition coefficient (Wildman–Crippen LogP) is 2.30. The van der Waals surface area contributed by atoms with Crippen molar-refractivity contribution < 1.29 is 9.90 Å². The quantitative estimate of drug-likeness (QED) is 0.777. The zero-order valence-electron chi connectivity index (χ0n) is 13.5. The number of amides is 2. The first-order chi connectivity index (χ1) is 9.68. The van der Waals surface area contributed by atoms with Crippen molar-refractivity contribution in [3.05, 3.63) is 18.2 Å². The Morgan fingerprint density at radius 1 is 1.29 bits per heavy atom. The maximum atomic E-state index is 11.7. The Hall–Kier alpha value is -1.69. The van der Waals surface area contributed by atoms with Gasteiger partial charge in [0.05, 0.1) is 24.2 Å². The summed E-state index contributed by atoms with van der Waals surface area (Å²) in [6, 6.07) is -0.292. The van der Waals surface area contributed by atoms with Crippen LogP contribution in [0.3, 0.4) is 0 Å². The van der Waals surface area contributed by atoms with Gasteiger partial charge in [0.2, 0.25) is 0 Å². The van der Waals surface area contributed by atoms with Crippen LogP contribution in [0.1, 0.15) is 46.9 Å². The lowest BCUT2D eigenvalue weighted by Crippen LogP contribution is -2.33. The van der Waals surface area contributed by atoms with E-state index in [9.17, 15) is 9.90 Å². The second-order valence-electron chi connectivity index (χ2n) is 6.57. The number of rotatable bonds is 5. The van der Waals surface area contributed by atoms with Crippen molar-refractivity contribution in [2.45, 2.75) is 52.6 Å². The Morgan fingerprint density at radius 2 is 1.86 bits per heavy atom. The van der Waals surface area contributed by atoms with Gasteiger partial charge in [0.1, 0.15) is 5.82 Å². The van der Waals surface area contributed by atoms with Gasteiger partial charge < -0.3 is 15.7 Å². The lowest BCUT2D eigenvalue weighted by atomic mass is 9.96. The average Bonchev–Trinajstić information content (AvgIpc) is 2.35. The SMILES string of the molecule is C[C@@H](CNC(=O)Nc1cnc(C(C)(C)C)nc1)C[C@@H](C)O. The summed E-state index contributed by atoms with van der Waals surface area (Å²) in [7, 11) is 0. The fourth-order valence-corrected chi connectivity index (χ4v) is 1.89. The molecule has 0 aliphatic rings. The van der Waals surface area contributed by atoms with Crippen LogP contribution in [-0.4, -0.2) is 33.8 Å². The summed E-state index contributed by atoms with van der Waals surface area (Å²) >= 11 is 0. The first kappa shape index (κ1) is 17.4. The number of urea groups is 1. The molecule has 0 radical (unpaired) electrons. The van der Waals surface area contributed by atoms with E-state index in [2.05, 4.69) is 20.6 Å². The monoisotopic (exact) mass is 294 g/mol. The van der Waals surface area contributed by atoms with E-state index in [0.717, 1.165) is 5.82 Å². The molecule has 0 bridgehead atoms. The minimum Gasteiger partial charge on any atom is -0.393 e. The highest BCUT2D eigenvalue weighted by Crippen LogP contribution is 2.18. The molecule has 2 amide bonds. The molecule has 0 saturated carbocycles. The highest BCUT2D eigenvalue weighted by Gasteiger charge is 2.17. The number of aromatic nitrogens is 2. The summed E-state index contributed by atoms with van der Waals surface area (Å²) in [5, 5.41) is 14.7. The molecule has 1 aromatic heterocycles. The number of aliphatic hydroxyl groups is 1. The molecule has 0 aliphatic carbocycles. The van der Waals surface area contributed by atoms with E-state index in [1.807, 2.05) is 27.7 Å². The van der Waals surface area contributed by atoms with Crippen LogP contribution in [0.15, 0.2) is 12.4 Å². The van der Waals surface area contributed by atoms with Crippen LogP contribution in [-0.2, 0) is 5.41 Å². The molecule has 21 heavy (non-hydrogen) atoms. The predicted molar refractivity (Wildman–Crippen MR) is 83.2 cm³/mol. The average molecular weight is 294 g/mol. The summed E-state index contributed by atoms with van der Waals surface area (Å²) in [5.74, 6) is 0.953. The number of nitrogens with zero attached hydrogens (tertiary/aromatic N) is 2. The summed E-state index contributed by atoms with van der Waals surface area (Å²) in [6.45, 7) is 10.3. The number of carbonyl (C=O) groups excluding carboxylic acids is 1. The van der Waals surface area contributed by atoms with Gasteiger partial charge in [-0.15, -0.1) is 0 Å². The zero-order valence-corrected chi connectivity index (χ0v) is 13.5. The van der Waals surface area contributed by atoms with Gasteiger partial charge in [0.25, 0.3) is 0 Å². The van der Waals surface area contributed by atoms with Gasteiger partial charge in [-0.2, -0.15) is 0 Å². The Morgan fingerprint density at radius 3 is 2.33 bits per heavy atom. The van der Waals surface area contributed by atoms with Crippen LogP contribution >= 0.6 is 0 Å². The fraction of sp³-hybridized carbons (Fsp3) is 0.667. The number of hydrogen-bond donors (Lipinski definition) is 3. The third kappa shape index (κ3) is 6.53. The normalized spacial score (nSPS) is 14.4. The molecule has 2 atom stereocenters. The van der Waals surface area contributed by atoms with Crippen molar-refractivity contribution in [1.82, 2.24) is 15.3 Å². The number of nitrogens with one attached hydrogen (secondary N) is 2. The molecule has 1 heterocycles. The molecule has 6 nitrogen and oxygen atoms in total. The van der Waals surface area contributed by atoms with Gasteiger partial charge in [0.15, 0.2) is 0 Å². The molecule has 0 unspecified atom stereocenters. The molecule has 6 heteroatoms. The van der Waals surface area contributed by atoms with Gasteiger partial charge in [-0.1, -0.05) is 27.7 Å². The fourth-order valence-electron chi connectivity index (χ4n) is 1.89. The maximum absolute atomic E-state index is 11.7. The molecule has 0 fully saturated rings. The van der Waals surface area contributed by atoms with Crippen molar-refractivity contribution in [2.24, 2.45) is 5.92 Å². The first-order valence-corrected chi connectivity index (χ1v) is 7.24. The number of carbonyl (C=O) groups is 1. The number of anilines is 1. The van der Waals surface area contributed by atoms with E-state index < -0.39 is 0 Å². The van der Waals surface area contributed by atoms with Crippen LogP contribution in [0.4, 0.5) is 10.5 Å². The Balaban J connectivity index is 2.45. The molecule has 0 aliphatic heterocycles. The molecular formula is C15H26N4O2. The Bertz CT molecular complexity index is 452. The van der Waals surface area contributed by atoms with Crippen LogP contribution in [0.5, 0.6) is 0 Å². The van der Waals surface area contributed by atoms with E-state index in [-0.39, 0.29) is 23.5 Å². The summed E-state index contributed by atoms with van der Waals surface area (Å²) in [6.07, 6.45) is 3.51. The van der Waals surface area contributed by atoms with E-state index in [1.54, 1.807) is 19.3 Å². The second kappa shape index (κ2) is 7.36. The van der Waals surface area contributed by atoms with E-state index in [0.29, 0.717) is 18.7 Å². The Labute approximate surface area is 126 Å². The molecule has 1 rings (SSSR count). The van der Waals surface area contributed by atoms with Crippen molar-refractivity contribution in [3.8, 4) is 0 Å². The lowest BCUT2D eigenvalue weighted by molar-refractivity contribution is 0.163. The van der Waals surface area contributed by atoms with Crippen LogP contribution in [0.2, 0.25) is 0 Å². The van der Waals surface area contributed by atoms with Crippen molar-refractivity contribution in [1.29, 1.82) is 0 Å². The molecule has 3 N–H and O–H groups in total. The van der Waals surface area contributed by atoms with Gasteiger partial charge in [0, 0.05) is 12.0 Å². The summed E-state index contributed by atoms with van der Waals surface area (Å²) < 4.78 is 0. The summed E-state index contributed by atoms with van der Waals surface area (Å²) in [5.41, 5.74) is 0.445. The van der Waals surface area contributed by atoms with Crippen molar-refractivity contribution >= 4 is 11.7 Å². The molecule has 1 aromatic rings. The highest BCUT2D eigenvalue weighted by molar-refractivity contribution is 5.88. The largest absolute Gasteiger partial charge is 0.393 e. The maximum Gasteiger partial charge on any atom is 0.319 e. The summed E-state index contributed by atoms with van der Waals surface area (Å²) in [4.78, 5) is 20.2. The molecule has 0 spiro atoms. The van der Waals surface area contributed by atoms with Gasteiger partial charge in [-0.05, 0) is 19.3 Å². The number of hydrogen-bond acceptors (Lipinski definition) is 4. The standard InChI is InChI=1S/C15H26N4O2/c1-10(6-11(2)20)7-18-14(21)19-12-8-16-13(17-9-12)15(3,4)5/h8-11,20H,6-7H2,1-5H3,(H2,18,19,21)/t10-,11-/m1/s1. The molecular weight excluding hydrogens is 268 g/mol. The molecule has 118 valence electrons. The van der Waals surface area contributed by atoms with Crippen LogP contribution in [0.25, 0.3) is 0 Å². The molecule has 0 saturated heterocycles. The van der Waals surface area contributed by atoms with E-state index in [4.69, 9.17) is 0 Å². The minimum atomic E-state index is -0.358. The smallest absolute Gasteiger partial charge is 0.319 e. The van der Waals surface area contributed by atoms with Gasteiger partial charge in [-0.25, -0.2) is 14.8 Å². The highest BCUT2D eigenvalue weighted by atomic mass is 16.3. The second-order valence-corrected chi connectivity index (χ2v) is 6.57. The van der Waals surface area contributed by atoms with E-state index >= 15 is 0 Å². The van der Waals surface area contributed by atoms with Gasteiger partial charge >= 0.3 is 6.03 Å². The minimum absolute atomic E-state index is 0.114. The van der Waals surface area contributed by atoms with Gasteiger partial charge in [-0.3, -0.25) is 0 Å². The zero-order chi connectivity index (χ0) is 16.0. The lowest BCUT2D eigenvalue weighted by Gasteiger charge is -2.17. The van der Waals surface area contributed by atoms with E-state index in [1.165, 1.54) is 0 Å². The van der Waals surface area contributed by atoms with Crippen molar-refractivity contribution in [3.63, 3.8) is 0 Å². The topological polar surface area (TPSA) is 87.1 Å². The third-order valence-electron chi connectivity index (χ3n) is 2.94. The van der Waals surface area contributed by atoms with Crippen LogP contribution < -0.4 is 10.6 Å². The molecule has 0 aromatic carbocycles. The van der Waals surface area contributed by atoms with Crippen LogP contribution in [0, 0.1) is 5.92 Å². The Kier molecular flexibility index (Phi) is 6.08.